The molecule has 2 amide bonds. The van der Waals surface area contributed by atoms with Crippen LogP contribution in [0.25, 0.3) is 0 Å². The van der Waals surface area contributed by atoms with Crippen LogP contribution in [0.5, 0.6) is 5.75 Å². The lowest BCUT2D eigenvalue weighted by molar-refractivity contribution is -0.135. The van der Waals surface area contributed by atoms with E-state index >= 15 is 0 Å². The molecule has 1 aromatic carbocycles. The molecule has 32 heavy (non-hydrogen) atoms. The number of amides is 2. The van der Waals surface area contributed by atoms with E-state index in [-0.39, 0.29) is 24.4 Å². The molecule has 6 nitrogen and oxygen atoms in total. The molecule has 1 unspecified atom stereocenters. The molecule has 0 radical (unpaired) electrons. The van der Waals surface area contributed by atoms with Crippen molar-refractivity contribution in [1.29, 1.82) is 0 Å². The van der Waals surface area contributed by atoms with Gasteiger partial charge in [-0.2, -0.15) is 0 Å². The van der Waals surface area contributed by atoms with Crippen LogP contribution in [-0.2, 0) is 16.0 Å². The van der Waals surface area contributed by atoms with Gasteiger partial charge in [-0.05, 0) is 47.0 Å². The zero-order valence-corrected chi connectivity index (χ0v) is 19.6. The average Bonchev–Trinajstić information content (AvgIpc) is 3.52. The maximum absolute atomic E-state index is 13.4. The fraction of sp³-hybridized carbons (Fsp3) is 0.333. The average molecular weight is 471 g/mol. The summed E-state index contributed by atoms with van der Waals surface area (Å²) >= 11 is 3.10. The SMILES string of the molecule is COCCN(CC(=O)N1CCc2sccc2C1COc1ccccc1)C(=O)c1cccs1. The van der Waals surface area contributed by atoms with Gasteiger partial charge in [-0.1, -0.05) is 24.3 Å². The predicted molar refractivity (Wildman–Crippen MR) is 127 cm³/mol. The first-order chi connectivity index (χ1) is 15.7. The second kappa shape index (κ2) is 10.8. The van der Waals surface area contributed by atoms with Gasteiger partial charge in [0, 0.05) is 25.1 Å². The Morgan fingerprint density at radius 1 is 1.09 bits per heavy atom. The molecule has 8 heteroatoms. The minimum Gasteiger partial charge on any atom is -0.491 e. The molecule has 4 rings (SSSR count). The molecule has 0 aliphatic carbocycles. The van der Waals surface area contributed by atoms with E-state index in [1.54, 1.807) is 29.4 Å². The van der Waals surface area contributed by atoms with Crippen LogP contribution < -0.4 is 4.74 Å². The highest BCUT2D eigenvalue weighted by Gasteiger charge is 2.33. The summed E-state index contributed by atoms with van der Waals surface area (Å²) in [5.74, 6) is 0.553. The highest BCUT2D eigenvalue weighted by Crippen LogP contribution is 2.34. The largest absolute Gasteiger partial charge is 0.491 e. The molecule has 1 aliphatic rings. The maximum Gasteiger partial charge on any atom is 0.264 e. The Morgan fingerprint density at radius 3 is 2.69 bits per heavy atom. The Bertz CT molecular complexity index is 1020. The molecule has 3 aromatic rings. The molecule has 0 saturated heterocycles. The third-order valence-electron chi connectivity index (χ3n) is 5.48. The molecule has 0 spiro atoms. The molecular weight excluding hydrogens is 444 g/mol. The van der Waals surface area contributed by atoms with E-state index in [2.05, 4.69) is 11.4 Å². The van der Waals surface area contributed by atoms with E-state index in [0.717, 1.165) is 17.7 Å². The van der Waals surface area contributed by atoms with Gasteiger partial charge in [0.05, 0.1) is 17.5 Å². The van der Waals surface area contributed by atoms with Crippen molar-refractivity contribution < 1.29 is 19.1 Å². The molecule has 0 bridgehead atoms. The van der Waals surface area contributed by atoms with E-state index in [1.165, 1.54) is 16.2 Å². The van der Waals surface area contributed by atoms with Crippen LogP contribution in [-0.4, -0.2) is 61.6 Å². The molecule has 1 atom stereocenters. The van der Waals surface area contributed by atoms with E-state index in [1.807, 2.05) is 46.7 Å². The number of hydrogen-bond acceptors (Lipinski definition) is 6. The van der Waals surface area contributed by atoms with Crippen LogP contribution >= 0.6 is 22.7 Å². The number of rotatable bonds is 9. The maximum atomic E-state index is 13.4. The lowest BCUT2D eigenvalue weighted by atomic mass is 10.0. The minimum absolute atomic E-state index is 0.0153. The number of nitrogens with zero attached hydrogens (tertiary/aromatic N) is 2. The first kappa shape index (κ1) is 22.5. The van der Waals surface area contributed by atoms with Crippen LogP contribution in [0.3, 0.4) is 0 Å². The van der Waals surface area contributed by atoms with Gasteiger partial charge in [-0.15, -0.1) is 22.7 Å². The molecule has 168 valence electrons. The number of carbonyl (C=O) groups is 2. The van der Waals surface area contributed by atoms with Crippen LogP contribution in [0, 0.1) is 0 Å². The normalized spacial score (nSPS) is 15.3. The smallest absolute Gasteiger partial charge is 0.264 e. The number of hydrogen-bond donors (Lipinski definition) is 0. The highest BCUT2D eigenvalue weighted by molar-refractivity contribution is 7.12. The zero-order chi connectivity index (χ0) is 22.3. The summed E-state index contributed by atoms with van der Waals surface area (Å²) in [6.07, 6.45) is 0.817. The summed E-state index contributed by atoms with van der Waals surface area (Å²) in [5.41, 5.74) is 1.14. The number of fused-ring (bicyclic) bond motifs is 1. The van der Waals surface area contributed by atoms with Gasteiger partial charge in [-0.25, -0.2) is 0 Å². The zero-order valence-electron chi connectivity index (χ0n) is 17.9. The molecule has 1 aliphatic heterocycles. The summed E-state index contributed by atoms with van der Waals surface area (Å²) < 4.78 is 11.2. The fourth-order valence-electron chi connectivity index (χ4n) is 3.83. The number of benzene rings is 1. The third kappa shape index (κ3) is 5.20. The first-order valence-corrected chi connectivity index (χ1v) is 12.3. The summed E-state index contributed by atoms with van der Waals surface area (Å²) in [6, 6.07) is 15.2. The molecular formula is C24H26N2O4S2. The Morgan fingerprint density at radius 2 is 1.94 bits per heavy atom. The van der Waals surface area contributed by atoms with Gasteiger partial charge in [0.1, 0.15) is 18.9 Å². The summed E-state index contributed by atoms with van der Waals surface area (Å²) in [4.78, 5) is 31.8. The van der Waals surface area contributed by atoms with Crippen molar-refractivity contribution in [3.8, 4) is 5.75 Å². The lowest BCUT2D eigenvalue weighted by Crippen LogP contribution is -2.48. The Labute approximate surface area is 196 Å². The standard InChI is InChI=1S/C24H26N2O4S2/c1-29-13-12-25(24(28)22-8-5-14-31-22)16-23(27)26-11-9-21-19(10-15-32-21)20(26)17-30-18-6-3-2-4-7-18/h2-8,10,14-15,20H,9,11-13,16-17H2,1H3. The predicted octanol–water partition coefficient (Wildman–Crippen LogP) is 4.10. The van der Waals surface area contributed by atoms with Crippen molar-refractivity contribution >= 4 is 34.5 Å². The number of thiophene rings is 2. The third-order valence-corrected chi connectivity index (χ3v) is 7.33. The van der Waals surface area contributed by atoms with E-state index < -0.39 is 0 Å². The Kier molecular flexibility index (Phi) is 7.57. The topological polar surface area (TPSA) is 59.1 Å². The number of methoxy groups -OCH3 is 1. The van der Waals surface area contributed by atoms with Crippen molar-refractivity contribution in [1.82, 2.24) is 9.80 Å². The van der Waals surface area contributed by atoms with Crippen LogP contribution in [0.2, 0.25) is 0 Å². The first-order valence-electron chi connectivity index (χ1n) is 10.5. The van der Waals surface area contributed by atoms with Crippen LogP contribution in [0.4, 0.5) is 0 Å². The highest BCUT2D eigenvalue weighted by atomic mass is 32.1. The van der Waals surface area contributed by atoms with Crippen molar-refractivity contribution in [2.45, 2.75) is 12.5 Å². The molecule has 0 N–H and O–H groups in total. The lowest BCUT2D eigenvalue weighted by Gasteiger charge is -2.37. The Balaban J connectivity index is 1.51. The van der Waals surface area contributed by atoms with Gasteiger partial charge in [0.2, 0.25) is 5.91 Å². The van der Waals surface area contributed by atoms with Crippen molar-refractivity contribution in [2.75, 3.05) is 40.0 Å². The summed E-state index contributed by atoms with van der Waals surface area (Å²) in [6.45, 7) is 1.74. The van der Waals surface area contributed by atoms with Gasteiger partial charge >= 0.3 is 0 Å². The number of para-hydroxylation sites is 1. The molecule has 3 heterocycles. The van der Waals surface area contributed by atoms with E-state index in [4.69, 9.17) is 9.47 Å². The molecule has 2 aromatic heterocycles. The van der Waals surface area contributed by atoms with Crippen molar-refractivity contribution in [2.24, 2.45) is 0 Å². The van der Waals surface area contributed by atoms with E-state index in [0.29, 0.717) is 31.2 Å². The number of ether oxygens (including phenoxy) is 2. The Hall–Kier alpha value is -2.68. The summed E-state index contributed by atoms with van der Waals surface area (Å²) in [5, 5.41) is 3.93. The second-order valence-corrected chi connectivity index (χ2v) is 9.42. The number of carbonyl (C=O) groups excluding carboxylic acids is 2. The van der Waals surface area contributed by atoms with Crippen LogP contribution in [0.15, 0.2) is 59.3 Å². The molecule has 0 fully saturated rings. The van der Waals surface area contributed by atoms with Gasteiger partial charge in [-0.3, -0.25) is 9.59 Å². The second-order valence-electron chi connectivity index (χ2n) is 7.47. The fourth-order valence-corrected chi connectivity index (χ4v) is 5.45. The van der Waals surface area contributed by atoms with Crippen molar-refractivity contribution in [3.05, 3.63) is 74.6 Å². The quantitative estimate of drug-likeness (QED) is 0.472. The van der Waals surface area contributed by atoms with Gasteiger partial charge in [0.25, 0.3) is 5.91 Å². The van der Waals surface area contributed by atoms with Crippen molar-refractivity contribution in [3.63, 3.8) is 0 Å². The molecule has 0 saturated carbocycles. The van der Waals surface area contributed by atoms with Gasteiger partial charge in [0.15, 0.2) is 0 Å². The minimum atomic E-state index is -0.182. The monoisotopic (exact) mass is 470 g/mol. The van der Waals surface area contributed by atoms with Crippen LogP contribution in [0.1, 0.15) is 26.2 Å². The summed E-state index contributed by atoms with van der Waals surface area (Å²) in [7, 11) is 1.59. The van der Waals surface area contributed by atoms with Gasteiger partial charge < -0.3 is 19.3 Å². The van der Waals surface area contributed by atoms with E-state index in [9.17, 15) is 9.59 Å².